The second kappa shape index (κ2) is 4.25. The molecule has 0 unspecified atom stereocenters. The molecular formula is C11H10FN3O2. The SMILES string of the molecule is CNc1cc(C(=O)O)n(-c2ccccc2F)n1. The molecule has 0 amide bonds. The predicted molar refractivity (Wildman–Crippen MR) is 60.0 cm³/mol. The molecule has 0 atom stereocenters. The van der Waals surface area contributed by atoms with Gasteiger partial charge < -0.3 is 10.4 Å². The minimum Gasteiger partial charge on any atom is -0.477 e. The van der Waals surface area contributed by atoms with E-state index in [1.165, 1.54) is 24.3 Å². The Kier molecular flexibility index (Phi) is 2.78. The van der Waals surface area contributed by atoms with Crippen molar-refractivity contribution in [1.29, 1.82) is 0 Å². The number of aromatic carboxylic acids is 1. The molecule has 0 saturated carbocycles. The first-order valence-corrected chi connectivity index (χ1v) is 4.89. The van der Waals surface area contributed by atoms with Gasteiger partial charge in [0.05, 0.1) is 0 Å². The zero-order valence-electron chi connectivity index (χ0n) is 9.01. The zero-order valence-corrected chi connectivity index (χ0v) is 9.01. The molecule has 0 saturated heterocycles. The number of nitrogens with one attached hydrogen (secondary N) is 1. The molecule has 17 heavy (non-hydrogen) atoms. The number of anilines is 1. The Bertz CT molecular complexity index is 566. The van der Waals surface area contributed by atoms with Gasteiger partial charge in [-0.2, -0.15) is 0 Å². The molecular weight excluding hydrogens is 225 g/mol. The molecule has 1 aromatic heterocycles. The number of nitrogens with zero attached hydrogens (tertiary/aromatic N) is 2. The fourth-order valence-electron chi connectivity index (χ4n) is 1.46. The summed E-state index contributed by atoms with van der Waals surface area (Å²) in [5.41, 5.74) is 0.00542. The van der Waals surface area contributed by atoms with Gasteiger partial charge in [0.2, 0.25) is 0 Å². The molecule has 5 nitrogen and oxygen atoms in total. The van der Waals surface area contributed by atoms with E-state index in [0.717, 1.165) is 4.68 Å². The molecule has 88 valence electrons. The van der Waals surface area contributed by atoms with Crippen molar-refractivity contribution in [2.75, 3.05) is 12.4 Å². The maximum atomic E-state index is 13.6. The number of carboxylic acid groups (broad SMARTS) is 1. The fraction of sp³-hybridized carbons (Fsp3) is 0.0909. The average Bonchev–Trinajstić information content (AvgIpc) is 2.73. The average molecular weight is 235 g/mol. The summed E-state index contributed by atoms with van der Waals surface area (Å²) in [5, 5.41) is 15.7. The van der Waals surface area contributed by atoms with Gasteiger partial charge in [-0.05, 0) is 12.1 Å². The van der Waals surface area contributed by atoms with Crippen molar-refractivity contribution in [3.8, 4) is 5.69 Å². The number of benzene rings is 1. The Morgan fingerprint density at radius 2 is 2.18 bits per heavy atom. The first-order valence-electron chi connectivity index (χ1n) is 4.89. The predicted octanol–water partition coefficient (Wildman–Crippen LogP) is 1.75. The molecule has 0 fully saturated rings. The minimum absolute atomic E-state index is 0.0977. The van der Waals surface area contributed by atoms with E-state index in [1.54, 1.807) is 13.1 Å². The summed E-state index contributed by atoms with van der Waals surface area (Å²) in [6, 6.07) is 7.21. The second-order valence-electron chi connectivity index (χ2n) is 3.33. The van der Waals surface area contributed by atoms with E-state index >= 15 is 0 Å². The number of rotatable bonds is 3. The quantitative estimate of drug-likeness (QED) is 0.850. The van der Waals surface area contributed by atoms with E-state index < -0.39 is 11.8 Å². The monoisotopic (exact) mass is 235 g/mol. The topological polar surface area (TPSA) is 67.2 Å². The molecule has 0 aliphatic carbocycles. The van der Waals surface area contributed by atoms with Crippen LogP contribution in [-0.2, 0) is 0 Å². The molecule has 6 heteroatoms. The van der Waals surface area contributed by atoms with Crippen LogP contribution in [0.15, 0.2) is 30.3 Å². The Morgan fingerprint density at radius 1 is 1.47 bits per heavy atom. The normalized spacial score (nSPS) is 10.2. The number of aromatic nitrogens is 2. The van der Waals surface area contributed by atoms with Crippen LogP contribution < -0.4 is 5.32 Å². The van der Waals surface area contributed by atoms with Crippen LogP contribution in [-0.4, -0.2) is 27.9 Å². The summed E-state index contributed by atoms with van der Waals surface area (Å²) in [4.78, 5) is 11.0. The van der Waals surface area contributed by atoms with Crippen LogP contribution >= 0.6 is 0 Å². The van der Waals surface area contributed by atoms with Crippen LogP contribution in [0.25, 0.3) is 5.69 Å². The summed E-state index contributed by atoms with van der Waals surface area (Å²) < 4.78 is 14.6. The van der Waals surface area contributed by atoms with E-state index in [2.05, 4.69) is 10.4 Å². The van der Waals surface area contributed by atoms with E-state index in [0.29, 0.717) is 5.82 Å². The summed E-state index contributed by atoms with van der Waals surface area (Å²) in [6.45, 7) is 0. The first kappa shape index (κ1) is 11.1. The first-order chi connectivity index (χ1) is 8.13. The fourth-order valence-corrected chi connectivity index (χ4v) is 1.46. The largest absolute Gasteiger partial charge is 0.477 e. The van der Waals surface area contributed by atoms with Crippen LogP contribution in [0, 0.1) is 5.82 Å². The number of halogens is 1. The van der Waals surface area contributed by atoms with Crippen LogP contribution in [0.4, 0.5) is 10.2 Å². The molecule has 2 N–H and O–H groups in total. The third-order valence-corrected chi connectivity index (χ3v) is 2.27. The number of carboxylic acids is 1. The number of hydrogen-bond acceptors (Lipinski definition) is 3. The van der Waals surface area contributed by atoms with Crippen molar-refractivity contribution in [3.05, 3.63) is 41.8 Å². The van der Waals surface area contributed by atoms with Gasteiger partial charge in [-0.3, -0.25) is 0 Å². The lowest BCUT2D eigenvalue weighted by Gasteiger charge is -2.04. The van der Waals surface area contributed by atoms with E-state index in [-0.39, 0.29) is 11.4 Å². The highest BCUT2D eigenvalue weighted by atomic mass is 19.1. The number of carbonyl (C=O) groups is 1. The molecule has 0 aliphatic heterocycles. The number of para-hydroxylation sites is 1. The minimum atomic E-state index is -1.16. The maximum absolute atomic E-state index is 13.6. The van der Waals surface area contributed by atoms with Crippen LogP contribution in [0.5, 0.6) is 0 Å². The van der Waals surface area contributed by atoms with Crippen molar-refractivity contribution in [2.45, 2.75) is 0 Å². The number of hydrogen-bond donors (Lipinski definition) is 2. The van der Waals surface area contributed by atoms with Gasteiger partial charge in [0, 0.05) is 13.1 Å². The van der Waals surface area contributed by atoms with Gasteiger partial charge in [0.25, 0.3) is 0 Å². The van der Waals surface area contributed by atoms with Gasteiger partial charge >= 0.3 is 5.97 Å². The smallest absolute Gasteiger partial charge is 0.354 e. The van der Waals surface area contributed by atoms with Gasteiger partial charge in [-0.15, -0.1) is 5.10 Å². The highest BCUT2D eigenvalue weighted by molar-refractivity contribution is 5.87. The van der Waals surface area contributed by atoms with E-state index in [1.807, 2.05) is 0 Å². The molecule has 2 rings (SSSR count). The molecule has 0 radical (unpaired) electrons. The van der Waals surface area contributed by atoms with Crippen LogP contribution in [0.1, 0.15) is 10.5 Å². The highest BCUT2D eigenvalue weighted by Crippen LogP contribution is 2.18. The summed E-state index contributed by atoms with van der Waals surface area (Å²) in [6.07, 6.45) is 0. The molecule has 0 bridgehead atoms. The lowest BCUT2D eigenvalue weighted by atomic mass is 10.3. The summed E-state index contributed by atoms with van der Waals surface area (Å²) in [5.74, 6) is -1.33. The summed E-state index contributed by atoms with van der Waals surface area (Å²) >= 11 is 0. The standard InChI is InChI=1S/C11H10FN3O2/c1-13-10-6-9(11(16)17)15(14-10)8-5-3-2-4-7(8)12/h2-6H,1H3,(H,13,14)(H,16,17). The van der Waals surface area contributed by atoms with Gasteiger partial charge in [0.1, 0.15) is 17.3 Å². The molecule has 0 spiro atoms. The summed E-state index contributed by atoms with van der Waals surface area (Å²) in [7, 11) is 1.61. The maximum Gasteiger partial charge on any atom is 0.354 e. The Hall–Kier alpha value is -2.37. The third kappa shape index (κ3) is 1.96. The van der Waals surface area contributed by atoms with Crippen molar-refractivity contribution >= 4 is 11.8 Å². The molecule has 1 aromatic carbocycles. The molecule has 2 aromatic rings. The highest BCUT2D eigenvalue weighted by Gasteiger charge is 2.17. The Balaban J connectivity index is 2.62. The van der Waals surface area contributed by atoms with Crippen LogP contribution in [0.3, 0.4) is 0 Å². The van der Waals surface area contributed by atoms with Crippen LogP contribution in [0.2, 0.25) is 0 Å². The third-order valence-electron chi connectivity index (χ3n) is 2.27. The zero-order chi connectivity index (χ0) is 12.4. The second-order valence-corrected chi connectivity index (χ2v) is 3.33. The molecule has 1 heterocycles. The van der Waals surface area contributed by atoms with Crippen molar-refractivity contribution in [1.82, 2.24) is 9.78 Å². The Labute approximate surface area is 96.5 Å². The van der Waals surface area contributed by atoms with Crippen molar-refractivity contribution in [3.63, 3.8) is 0 Å². The molecule has 0 aliphatic rings. The van der Waals surface area contributed by atoms with E-state index in [9.17, 15) is 9.18 Å². The van der Waals surface area contributed by atoms with E-state index in [4.69, 9.17) is 5.11 Å². The van der Waals surface area contributed by atoms with Crippen molar-refractivity contribution < 1.29 is 14.3 Å². The van der Waals surface area contributed by atoms with Crippen molar-refractivity contribution in [2.24, 2.45) is 0 Å². The lowest BCUT2D eigenvalue weighted by Crippen LogP contribution is -2.09. The Morgan fingerprint density at radius 3 is 2.76 bits per heavy atom. The van der Waals surface area contributed by atoms with Gasteiger partial charge in [0.15, 0.2) is 5.69 Å². The van der Waals surface area contributed by atoms with Gasteiger partial charge in [-0.25, -0.2) is 13.9 Å². The lowest BCUT2D eigenvalue weighted by molar-refractivity contribution is 0.0687. The van der Waals surface area contributed by atoms with Gasteiger partial charge in [-0.1, -0.05) is 12.1 Å².